The molecule has 0 saturated heterocycles. The molecule has 0 rings (SSSR count). The Morgan fingerprint density at radius 2 is 1.33 bits per heavy atom. The Kier molecular flexibility index (Phi) is 24.7. The van der Waals surface area contributed by atoms with Gasteiger partial charge in [0.15, 0.2) is 0 Å². The van der Waals surface area contributed by atoms with Gasteiger partial charge in [0.25, 0.3) is 0 Å². The molecule has 0 aliphatic rings. The number of hydrogen-bond acceptors (Lipinski definition) is 2. The van der Waals surface area contributed by atoms with Crippen molar-refractivity contribution < 1.29 is 28.9 Å². The monoisotopic (exact) mass is 181 g/mol. The standard InChI is InChI=1S/Li.Nb.H2O.2O.H4Si/h;;1H2;;;1H4/q;+1;;;;/p-1. The van der Waals surface area contributed by atoms with Crippen molar-refractivity contribution in [2.75, 3.05) is 0 Å². The van der Waals surface area contributed by atoms with Crippen LogP contribution in [0, 0.1) is 0 Å². The summed E-state index contributed by atoms with van der Waals surface area (Å²) in [5.41, 5.74) is 0. The van der Waals surface area contributed by atoms with E-state index in [0.29, 0.717) is 0 Å². The van der Waals surface area contributed by atoms with E-state index in [2.05, 4.69) is 0 Å². The third kappa shape index (κ3) is 69.7. The van der Waals surface area contributed by atoms with Crippen LogP contribution >= 0.6 is 0 Å². The fraction of sp³-hybridized carbons (Fsp3) is 0. The van der Waals surface area contributed by atoms with Crippen LogP contribution in [-0.2, 0) is 25.3 Å². The van der Waals surface area contributed by atoms with Gasteiger partial charge in [0.05, 0.1) is 0 Å². The minimum atomic E-state index is -3.95. The van der Waals surface area contributed by atoms with Gasteiger partial charge in [-0.05, 0) is 11.0 Å². The van der Waals surface area contributed by atoms with Gasteiger partial charge < -0.3 is 0 Å². The summed E-state index contributed by atoms with van der Waals surface area (Å²) in [7, 11) is 0. The third-order valence-corrected chi connectivity index (χ3v) is 0. The summed E-state index contributed by atoms with van der Waals surface area (Å²) in [4.78, 5) is 0. The van der Waals surface area contributed by atoms with Crippen LogP contribution in [0.15, 0.2) is 0 Å². The Balaban J connectivity index is -0.0000000450. The summed E-state index contributed by atoms with van der Waals surface area (Å²) in [5.74, 6) is 0. The molecule has 0 fully saturated rings. The van der Waals surface area contributed by atoms with Gasteiger partial charge in [0, 0.05) is 18.9 Å². The van der Waals surface area contributed by atoms with Crippen LogP contribution in [0.3, 0.4) is 0 Å². The van der Waals surface area contributed by atoms with Crippen molar-refractivity contribution in [1.82, 2.24) is 0 Å². The maximum atomic E-state index is 8.71. The zero-order chi connectivity index (χ0) is 3.58. The topological polar surface area (TPSA) is 54.4 Å². The van der Waals surface area contributed by atoms with Gasteiger partial charge in [0.1, 0.15) is 0 Å². The van der Waals surface area contributed by atoms with Gasteiger partial charge in [-0.3, -0.25) is 0 Å². The van der Waals surface area contributed by atoms with Crippen LogP contribution in [0.1, 0.15) is 0 Å². The molecule has 6 heteroatoms. The second-order valence-electron chi connectivity index (χ2n) is 0.238. The molecule has 1 radical (unpaired) electrons. The molecule has 0 spiro atoms. The minimum Gasteiger partial charge on any atom is -0.0149 e. The van der Waals surface area contributed by atoms with Crippen molar-refractivity contribution in [2.45, 2.75) is 0 Å². The molecule has 0 heterocycles. The third-order valence-electron chi connectivity index (χ3n) is 0. The predicted molar refractivity (Wildman–Crippen MR) is 20.7 cm³/mol. The molecule has 0 atom stereocenters. The van der Waals surface area contributed by atoms with E-state index in [1.165, 1.54) is 0 Å². The molecule has 3 nitrogen and oxygen atoms in total. The van der Waals surface area contributed by atoms with Gasteiger partial charge in [-0.2, -0.15) is 0 Å². The fourth-order valence-electron chi connectivity index (χ4n) is 0. The van der Waals surface area contributed by atoms with E-state index in [-0.39, 0.29) is 29.8 Å². The largest absolute Gasteiger partial charge is 0.0149 e. The molecule has 0 aromatic heterocycles. The maximum Gasteiger partial charge on any atom is -0.0149 e. The van der Waals surface area contributed by atoms with Gasteiger partial charge in [-0.25, -0.2) is 0 Å². The molecule has 0 bridgehead atoms. The van der Waals surface area contributed by atoms with E-state index in [9.17, 15) is 0 Å². The fourth-order valence-corrected chi connectivity index (χ4v) is 0. The van der Waals surface area contributed by atoms with E-state index in [1.54, 1.807) is 0 Å². The molecule has 33 valence electrons. The molecule has 0 aliphatic heterocycles. The molecule has 1 N–H and O–H groups in total. The van der Waals surface area contributed by atoms with E-state index in [4.69, 9.17) is 10.1 Å². The first-order valence-corrected chi connectivity index (χ1v) is 3.34. The van der Waals surface area contributed by atoms with Gasteiger partial charge >= 0.3 is 28.9 Å². The molecular formula is H5LiNbO3Si. The van der Waals surface area contributed by atoms with Crippen LogP contribution in [0.4, 0.5) is 0 Å². The summed E-state index contributed by atoms with van der Waals surface area (Å²) in [6.45, 7) is 0. The number of rotatable bonds is 0. The summed E-state index contributed by atoms with van der Waals surface area (Å²) in [6.07, 6.45) is 0. The first kappa shape index (κ1) is 15.7. The maximum absolute atomic E-state index is 8.71. The molecule has 0 aliphatic carbocycles. The van der Waals surface area contributed by atoms with Crippen molar-refractivity contribution >= 4 is 29.8 Å². The van der Waals surface area contributed by atoms with Crippen LogP contribution in [0.25, 0.3) is 0 Å². The molecule has 0 aromatic rings. The Hall–Kier alpha value is 1.11. The van der Waals surface area contributed by atoms with E-state index in [0.717, 1.165) is 0 Å². The van der Waals surface area contributed by atoms with Crippen LogP contribution in [0.5, 0.6) is 0 Å². The molecule has 0 aromatic carbocycles. The zero-order valence-electron chi connectivity index (χ0n) is 2.71. The summed E-state index contributed by atoms with van der Waals surface area (Å²) in [5, 5.41) is 0. The second-order valence-corrected chi connectivity index (χ2v) is 1.41. The van der Waals surface area contributed by atoms with E-state index >= 15 is 0 Å². The van der Waals surface area contributed by atoms with Crippen LogP contribution in [0.2, 0.25) is 0 Å². The van der Waals surface area contributed by atoms with Crippen molar-refractivity contribution in [3.05, 3.63) is 0 Å². The average molecular weight is 181 g/mol. The minimum absolute atomic E-state index is 0. The molecule has 0 saturated carbocycles. The Morgan fingerprint density at radius 1 is 1.33 bits per heavy atom. The molecule has 0 unspecified atom stereocenters. The van der Waals surface area contributed by atoms with Gasteiger partial charge in [-0.1, -0.05) is 0 Å². The summed E-state index contributed by atoms with van der Waals surface area (Å²) >= 11 is -3.95. The van der Waals surface area contributed by atoms with Gasteiger partial charge in [-0.15, -0.1) is 0 Å². The first-order valence-electron chi connectivity index (χ1n) is 0.565. The predicted octanol–water partition coefficient (Wildman–Crippen LogP) is -2.63. The smallest absolute Gasteiger partial charge is 0.0149 e. The van der Waals surface area contributed by atoms with E-state index < -0.39 is 18.8 Å². The molecule has 6 heavy (non-hydrogen) atoms. The van der Waals surface area contributed by atoms with Gasteiger partial charge in [0.2, 0.25) is 0 Å². The second kappa shape index (κ2) is 9.45. The van der Waals surface area contributed by atoms with Crippen molar-refractivity contribution in [3.63, 3.8) is 0 Å². The Bertz CT molecular complexity index is 59.2. The Morgan fingerprint density at radius 3 is 1.33 bits per heavy atom. The quantitative estimate of drug-likeness (QED) is 0.416. The zero-order valence-corrected chi connectivity index (χ0v) is 4.91. The SMILES string of the molecule is [Li].[O]=[Nb](=[O])[OH].[SiH4]. The molecular weight excluding hydrogens is 176 g/mol. The number of hydrogen-bond donors (Lipinski definition) is 1. The summed E-state index contributed by atoms with van der Waals surface area (Å²) < 4.78 is 24.6. The Labute approximate surface area is 58.6 Å². The van der Waals surface area contributed by atoms with Crippen molar-refractivity contribution in [2.24, 2.45) is 0 Å². The van der Waals surface area contributed by atoms with Crippen molar-refractivity contribution in [3.8, 4) is 0 Å². The normalized spacial score (nSPS) is 4.17. The average Bonchev–Trinajstić information content (AvgIpc) is 0.811. The molecule has 0 amide bonds. The summed E-state index contributed by atoms with van der Waals surface area (Å²) in [6, 6.07) is 0. The van der Waals surface area contributed by atoms with Crippen LogP contribution in [-0.4, -0.2) is 33.4 Å². The van der Waals surface area contributed by atoms with E-state index in [1.807, 2.05) is 0 Å². The first-order chi connectivity index (χ1) is 1.73. The van der Waals surface area contributed by atoms with Crippen molar-refractivity contribution in [1.29, 1.82) is 0 Å². The van der Waals surface area contributed by atoms with Crippen LogP contribution < -0.4 is 0 Å².